The average Bonchev–Trinajstić information content (AvgIpc) is 3.62. The highest BCUT2D eigenvalue weighted by atomic mass is 16.3. The zero-order chi connectivity index (χ0) is 28.3. The third kappa shape index (κ3) is 3.86. The summed E-state index contributed by atoms with van der Waals surface area (Å²) in [5, 5.41) is 6.38. The number of pyridine rings is 2. The van der Waals surface area contributed by atoms with Crippen molar-refractivity contribution in [3.63, 3.8) is 0 Å². The standard InChI is InChI=1S/C38H23N3O2/c1-2-6-24(7-3-1)26-11-10-25-12-13-28(21-27(25)20-26)41(29-14-15-31-33-23-39-19-18-35(33)42-36(31)22-29)37-17-16-32-30-8-4-5-9-34(30)43-38(32)40-37/h1-23H. The van der Waals surface area contributed by atoms with E-state index < -0.39 is 0 Å². The summed E-state index contributed by atoms with van der Waals surface area (Å²) in [6, 6.07) is 44.0. The van der Waals surface area contributed by atoms with Crippen LogP contribution < -0.4 is 4.90 Å². The van der Waals surface area contributed by atoms with Crippen LogP contribution in [0.2, 0.25) is 0 Å². The van der Waals surface area contributed by atoms with Gasteiger partial charge in [0.05, 0.1) is 5.69 Å². The number of hydrogen-bond donors (Lipinski definition) is 0. The molecular formula is C38H23N3O2. The molecule has 9 aromatic rings. The molecule has 0 N–H and O–H groups in total. The van der Waals surface area contributed by atoms with Gasteiger partial charge in [0.15, 0.2) is 0 Å². The third-order valence-corrected chi connectivity index (χ3v) is 8.16. The van der Waals surface area contributed by atoms with Crippen molar-refractivity contribution in [1.29, 1.82) is 0 Å². The minimum Gasteiger partial charge on any atom is -0.456 e. The van der Waals surface area contributed by atoms with Gasteiger partial charge >= 0.3 is 0 Å². The first kappa shape index (κ1) is 23.7. The molecule has 5 nitrogen and oxygen atoms in total. The van der Waals surface area contributed by atoms with E-state index in [1.165, 1.54) is 16.5 Å². The molecule has 0 aliphatic heterocycles. The van der Waals surface area contributed by atoms with Crippen molar-refractivity contribution < 1.29 is 8.83 Å². The van der Waals surface area contributed by atoms with Gasteiger partial charge in [-0.1, -0.05) is 66.7 Å². The maximum atomic E-state index is 6.25. The van der Waals surface area contributed by atoms with Crippen LogP contribution in [-0.4, -0.2) is 9.97 Å². The average molecular weight is 554 g/mol. The Morgan fingerprint density at radius 1 is 0.488 bits per heavy atom. The van der Waals surface area contributed by atoms with E-state index in [4.69, 9.17) is 13.8 Å². The van der Waals surface area contributed by atoms with Crippen LogP contribution in [0.3, 0.4) is 0 Å². The fourth-order valence-corrected chi connectivity index (χ4v) is 6.07. The Morgan fingerprint density at radius 3 is 2.21 bits per heavy atom. The highest BCUT2D eigenvalue weighted by Crippen LogP contribution is 2.40. The fourth-order valence-electron chi connectivity index (χ4n) is 6.07. The molecule has 0 atom stereocenters. The molecule has 4 aromatic heterocycles. The second-order valence-electron chi connectivity index (χ2n) is 10.7. The zero-order valence-corrected chi connectivity index (χ0v) is 22.9. The van der Waals surface area contributed by atoms with E-state index in [1.807, 2.05) is 36.5 Å². The van der Waals surface area contributed by atoms with Crippen LogP contribution in [0.25, 0.3) is 65.9 Å². The predicted molar refractivity (Wildman–Crippen MR) is 174 cm³/mol. The summed E-state index contributed by atoms with van der Waals surface area (Å²) in [6.45, 7) is 0. The molecule has 0 saturated heterocycles. The molecule has 202 valence electrons. The Morgan fingerprint density at radius 2 is 1.26 bits per heavy atom. The summed E-state index contributed by atoms with van der Waals surface area (Å²) in [7, 11) is 0. The maximum absolute atomic E-state index is 6.25. The van der Waals surface area contributed by atoms with Gasteiger partial charge in [-0.05, 0) is 76.5 Å². The zero-order valence-electron chi connectivity index (χ0n) is 22.9. The highest BCUT2D eigenvalue weighted by Gasteiger charge is 2.19. The minimum absolute atomic E-state index is 0.603. The molecule has 5 aromatic carbocycles. The number of aromatic nitrogens is 2. The van der Waals surface area contributed by atoms with Crippen LogP contribution >= 0.6 is 0 Å². The SMILES string of the molecule is c1ccc(-c2ccc3ccc(N(c4ccc5c(c4)oc4ccncc45)c4ccc5c(n4)oc4ccccc45)cc3c2)cc1. The van der Waals surface area contributed by atoms with Crippen LogP contribution in [-0.2, 0) is 0 Å². The van der Waals surface area contributed by atoms with Crippen LogP contribution in [0.1, 0.15) is 0 Å². The molecule has 0 fully saturated rings. The van der Waals surface area contributed by atoms with Crippen molar-refractivity contribution in [2.24, 2.45) is 0 Å². The first-order chi connectivity index (χ1) is 21.3. The fraction of sp³-hybridized carbons (Fsp3) is 0. The summed E-state index contributed by atoms with van der Waals surface area (Å²) < 4.78 is 12.5. The van der Waals surface area contributed by atoms with Gasteiger partial charge in [-0.15, -0.1) is 0 Å². The molecule has 0 aliphatic rings. The molecule has 0 spiro atoms. The predicted octanol–water partition coefficient (Wildman–Crippen LogP) is 10.6. The third-order valence-electron chi connectivity index (χ3n) is 8.16. The van der Waals surface area contributed by atoms with E-state index >= 15 is 0 Å². The maximum Gasteiger partial charge on any atom is 0.229 e. The van der Waals surface area contributed by atoms with Crippen LogP contribution in [0, 0.1) is 0 Å². The van der Waals surface area contributed by atoms with Gasteiger partial charge in [0.2, 0.25) is 5.71 Å². The Labute approximate surface area is 246 Å². The Kier molecular flexibility index (Phi) is 5.13. The van der Waals surface area contributed by atoms with Crippen molar-refractivity contribution in [3.05, 3.63) is 140 Å². The molecule has 0 bridgehead atoms. The molecule has 0 saturated carbocycles. The topological polar surface area (TPSA) is 55.3 Å². The lowest BCUT2D eigenvalue weighted by molar-refractivity contribution is 0.654. The molecule has 9 rings (SSSR count). The summed E-state index contributed by atoms with van der Waals surface area (Å²) >= 11 is 0. The van der Waals surface area contributed by atoms with Gasteiger partial charge < -0.3 is 8.83 Å². The van der Waals surface area contributed by atoms with Crippen LogP contribution in [0.15, 0.2) is 149 Å². The highest BCUT2D eigenvalue weighted by molar-refractivity contribution is 6.06. The number of rotatable bonds is 4. The Bertz CT molecular complexity index is 2360. The molecule has 0 aliphatic carbocycles. The van der Waals surface area contributed by atoms with Crippen molar-refractivity contribution >= 4 is 72.0 Å². The van der Waals surface area contributed by atoms with Gasteiger partial charge in [0.1, 0.15) is 22.6 Å². The van der Waals surface area contributed by atoms with E-state index in [0.717, 1.165) is 60.9 Å². The van der Waals surface area contributed by atoms with E-state index in [0.29, 0.717) is 5.71 Å². The van der Waals surface area contributed by atoms with E-state index in [2.05, 4.69) is 107 Å². The van der Waals surface area contributed by atoms with Crippen LogP contribution in [0.5, 0.6) is 0 Å². The largest absolute Gasteiger partial charge is 0.456 e. The summed E-state index contributed by atoms with van der Waals surface area (Å²) in [4.78, 5) is 11.5. The molecule has 0 unspecified atom stereocenters. The van der Waals surface area contributed by atoms with Crippen molar-refractivity contribution in [1.82, 2.24) is 9.97 Å². The second kappa shape index (κ2) is 9.29. The van der Waals surface area contributed by atoms with E-state index in [-0.39, 0.29) is 0 Å². The van der Waals surface area contributed by atoms with Crippen molar-refractivity contribution in [2.75, 3.05) is 4.90 Å². The lowest BCUT2D eigenvalue weighted by Crippen LogP contribution is -2.11. The van der Waals surface area contributed by atoms with E-state index in [1.54, 1.807) is 6.20 Å². The van der Waals surface area contributed by atoms with E-state index in [9.17, 15) is 0 Å². The normalized spacial score (nSPS) is 11.7. The lowest BCUT2D eigenvalue weighted by atomic mass is 10.0. The molecule has 5 heteroatoms. The molecular weight excluding hydrogens is 530 g/mol. The van der Waals surface area contributed by atoms with Crippen molar-refractivity contribution in [2.45, 2.75) is 0 Å². The number of benzene rings is 5. The van der Waals surface area contributed by atoms with Gasteiger partial charge in [-0.25, -0.2) is 0 Å². The number of furan rings is 2. The van der Waals surface area contributed by atoms with Gasteiger partial charge in [-0.2, -0.15) is 4.98 Å². The number of fused-ring (bicyclic) bond motifs is 7. The summed E-state index contributed by atoms with van der Waals surface area (Å²) in [5.74, 6) is 0.752. The number of nitrogens with zero attached hydrogens (tertiary/aromatic N) is 3. The van der Waals surface area contributed by atoms with Gasteiger partial charge in [0, 0.05) is 45.7 Å². The number of anilines is 3. The quantitative estimate of drug-likeness (QED) is 0.217. The first-order valence-corrected chi connectivity index (χ1v) is 14.2. The molecule has 0 amide bonds. The first-order valence-electron chi connectivity index (χ1n) is 14.2. The summed E-state index contributed by atoms with van der Waals surface area (Å²) in [6.07, 6.45) is 3.60. The molecule has 0 radical (unpaired) electrons. The van der Waals surface area contributed by atoms with Crippen LogP contribution in [0.4, 0.5) is 17.2 Å². The molecule has 4 heterocycles. The number of hydrogen-bond acceptors (Lipinski definition) is 5. The Hall–Kier alpha value is -5.94. The van der Waals surface area contributed by atoms with Gasteiger partial charge in [0.25, 0.3) is 0 Å². The molecule has 43 heavy (non-hydrogen) atoms. The Balaban J connectivity index is 1.25. The summed E-state index contributed by atoms with van der Waals surface area (Å²) in [5.41, 5.74) is 7.32. The second-order valence-corrected chi connectivity index (χ2v) is 10.7. The van der Waals surface area contributed by atoms with Gasteiger partial charge in [-0.3, -0.25) is 9.88 Å². The lowest BCUT2D eigenvalue weighted by Gasteiger charge is -2.24. The van der Waals surface area contributed by atoms with Crippen molar-refractivity contribution in [3.8, 4) is 11.1 Å². The number of para-hydroxylation sites is 1. The monoisotopic (exact) mass is 553 g/mol. The minimum atomic E-state index is 0.603. The smallest absolute Gasteiger partial charge is 0.229 e.